The Balaban J connectivity index is 1.99. The molecule has 0 bridgehead atoms. The van der Waals surface area contributed by atoms with Crippen molar-refractivity contribution in [1.29, 1.82) is 0 Å². The van der Waals surface area contributed by atoms with Gasteiger partial charge in [-0.2, -0.15) is 5.10 Å². The Hall–Kier alpha value is -2.18. The van der Waals surface area contributed by atoms with Gasteiger partial charge in [0.2, 0.25) is 0 Å². The smallest absolute Gasteiger partial charge is 0.168 e. The number of nitrogens with zero attached hydrogens (tertiary/aromatic N) is 3. The van der Waals surface area contributed by atoms with E-state index in [1.54, 1.807) is 10.9 Å². The lowest BCUT2D eigenvalue weighted by Gasteiger charge is -2.09. The van der Waals surface area contributed by atoms with Gasteiger partial charge in [-0.25, -0.2) is 13.8 Å². The summed E-state index contributed by atoms with van der Waals surface area (Å²) in [6.07, 6.45) is 4.32. The highest BCUT2D eigenvalue weighted by atomic mass is 19.1. The largest absolute Gasteiger partial charge is 0.368 e. The second-order valence-electron chi connectivity index (χ2n) is 4.38. The van der Waals surface area contributed by atoms with Crippen LogP contribution < -0.4 is 10.6 Å². The van der Waals surface area contributed by atoms with Gasteiger partial charge in [0.25, 0.3) is 0 Å². The number of anilines is 2. The Morgan fingerprint density at radius 2 is 1.90 bits per heavy atom. The highest BCUT2D eigenvalue weighted by Crippen LogP contribution is 2.18. The molecule has 0 aliphatic rings. The molecule has 2 heterocycles. The van der Waals surface area contributed by atoms with Gasteiger partial charge in [-0.05, 0) is 18.9 Å². The minimum absolute atomic E-state index is 0.0474. The third-order valence-electron chi connectivity index (χ3n) is 2.74. The molecular formula is C13H17F2N5. The summed E-state index contributed by atoms with van der Waals surface area (Å²) >= 11 is 0. The van der Waals surface area contributed by atoms with Gasteiger partial charge in [0.05, 0.1) is 6.20 Å². The fourth-order valence-corrected chi connectivity index (χ4v) is 1.81. The number of rotatable bonds is 6. The maximum absolute atomic E-state index is 13.6. The SMILES string of the molecule is CCNc1nc(NCCc2cnn(C)c2)c(F)cc1F. The molecule has 2 aromatic heterocycles. The van der Waals surface area contributed by atoms with Crippen molar-refractivity contribution in [3.63, 3.8) is 0 Å². The average molecular weight is 281 g/mol. The lowest BCUT2D eigenvalue weighted by Crippen LogP contribution is -2.11. The first kappa shape index (κ1) is 14.2. The van der Waals surface area contributed by atoms with Crippen molar-refractivity contribution in [2.24, 2.45) is 7.05 Å². The molecule has 0 aliphatic heterocycles. The fourth-order valence-electron chi connectivity index (χ4n) is 1.81. The lowest BCUT2D eigenvalue weighted by molar-refractivity contribution is 0.578. The van der Waals surface area contributed by atoms with E-state index in [0.717, 1.165) is 11.6 Å². The zero-order valence-electron chi connectivity index (χ0n) is 11.5. The van der Waals surface area contributed by atoms with Crippen molar-refractivity contribution in [2.45, 2.75) is 13.3 Å². The van der Waals surface area contributed by atoms with Crippen LogP contribution in [-0.4, -0.2) is 27.9 Å². The Morgan fingerprint density at radius 3 is 2.50 bits per heavy atom. The normalized spacial score (nSPS) is 10.6. The van der Waals surface area contributed by atoms with Crippen LogP contribution in [0, 0.1) is 11.6 Å². The number of hydrogen-bond donors (Lipinski definition) is 2. The van der Waals surface area contributed by atoms with E-state index in [-0.39, 0.29) is 11.6 Å². The number of aryl methyl sites for hydroxylation is 1. The summed E-state index contributed by atoms with van der Waals surface area (Å²) < 4.78 is 28.7. The first-order valence-corrected chi connectivity index (χ1v) is 6.41. The number of halogens is 2. The van der Waals surface area contributed by atoms with Gasteiger partial charge < -0.3 is 10.6 Å². The van der Waals surface area contributed by atoms with Crippen molar-refractivity contribution in [1.82, 2.24) is 14.8 Å². The molecule has 0 atom stereocenters. The molecule has 0 spiro atoms. The fraction of sp³-hybridized carbons (Fsp3) is 0.385. The first-order chi connectivity index (χ1) is 9.60. The maximum atomic E-state index is 13.6. The van der Waals surface area contributed by atoms with Crippen molar-refractivity contribution >= 4 is 11.6 Å². The molecule has 0 radical (unpaired) electrons. The summed E-state index contributed by atoms with van der Waals surface area (Å²) in [7, 11) is 1.83. The zero-order valence-corrected chi connectivity index (χ0v) is 11.5. The highest BCUT2D eigenvalue weighted by Gasteiger charge is 2.11. The molecule has 0 amide bonds. The van der Waals surface area contributed by atoms with E-state index in [4.69, 9.17) is 0 Å². The van der Waals surface area contributed by atoms with E-state index < -0.39 is 11.6 Å². The highest BCUT2D eigenvalue weighted by molar-refractivity contribution is 5.47. The van der Waals surface area contributed by atoms with Crippen molar-refractivity contribution < 1.29 is 8.78 Å². The van der Waals surface area contributed by atoms with Gasteiger partial charge in [-0.3, -0.25) is 4.68 Å². The number of hydrogen-bond acceptors (Lipinski definition) is 4. The molecule has 2 aromatic rings. The van der Waals surface area contributed by atoms with Gasteiger partial charge in [0.1, 0.15) is 0 Å². The van der Waals surface area contributed by atoms with Gasteiger partial charge in [-0.15, -0.1) is 0 Å². The Labute approximate surface area is 116 Å². The van der Waals surface area contributed by atoms with Crippen molar-refractivity contribution in [3.05, 3.63) is 35.7 Å². The topological polar surface area (TPSA) is 54.8 Å². The molecule has 2 N–H and O–H groups in total. The number of pyridine rings is 1. The first-order valence-electron chi connectivity index (χ1n) is 6.41. The number of nitrogens with one attached hydrogen (secondary N) is 2. The Morgan fingerprint density at radius 1 is 1.20 bits per heavy atom. The van der Waals surface area contributed by atoms with Crippen LogP contribution in [0.4, 0.5) is 20.4 Å². The molecule has 0 saturated carbocycles. The summed E-state index contributed by atoms with van der Waals surface area (Å²) in [6, 6.07) is 0.831. The van der Waals surface area contributed by atoms with Gasteiger partial charge in [-0.1, -0.05) is 0 Å². The molecule has 7 heteroatoms. The van der Waals surface area contributed by atoms with E-state index in [0.29, 0.717) is 19.5 Å². The molecule has 0 unspecified atom stereocenters. The molecule has 2 rings (SSSR count). The van der Waals surface area contributed by atoms with E-state index in [1.165, 1.54) is 0 Å². The summed E-state index contributed by atoms with van der Waals surface area (Å²) in [5.41, 5.74) is 1.04. The third-order valence-corrected chi connectivity index (χ3v) is 2.74. The Kier molecular flexibility index (Phi) is 4.49. The quantitative estimate of drug-likeness (QED) is 0.852. The van der Waals surface area contributed by atoms with Crippen LogP contribution in [0.1, 0.15) is 12.5 Å². The molecule has 20 heavy (non-hydrogen) atoms. The van der Waals surface area contributed by atoms with Gasteiger partial charge in [0.15, 0.2) is 23.3 Å². The predicted molar refractivity (Wildman–Crippen MR) is 73.7 cm³/mol. The van der Waals surface area contributed by atoms with Crippen molar-refractivity contribution in [2.75, 3.05) is 23.7 Å². The van der Waals surface area contributed by atoms with E-state index in [9.17, 15) is 8.78 Å². The molecule has 5 nitrogen and oxygen atoms in total. The molecule has 0 aliphatic carbocycles. The van der Waals surface area contributed by atoms with E-state index in [2.05, 4.69) is 20.7 Å². The van der Waals surface area contributed by atoms with Crippen LogP contribution in [0.15, 0.2) is 18.5 Å². The second kappa shape index (κ2) is 6.31. The summed E-state index contributed by atoms with van der Waals surface area (Å²) in [5, 5.41) is 9.67. The third kappa shape index (κ3) is 3.43. The summed E-state index contributed by atoms with van der Waals surface area (Å²) in [4.78, 5) is 3.90. The zero-order chi connectivity index (χ0) is 14.5. The predicted octanol–water partition coefficient (Wildman–Crippen LogP) is 2.18. The maximum Gasteiger partial charge on any atom is 0.168 e. The standard InChI is InChI=1S/C13H17F2N5/c1-3-16-12-10(14)6-11(15)13(19-12)17-5-4-9-7-18-20(2)8-9/h6-8H,3-5H2,1-2H3,(H2,16,17,19). The second-order valence-corrected chi connectivity index (χ2v) is 4.38. The van der Waals surface area contributed by atoms with Crippen LogP contribution in [0.25, 0.3) is 0 Å². The number of aromatic nitrogens is 3. The van der Waals surface area contributed by atoms with Crippen molar-refractivity contribution in [3.8, 4) is 0 Å². The molecular weight excluding hydrogens is 264 g/mol. The van der Waals surface area contributed by atoms with Crippen LogP contribution in [0.3, 0.4) is 0 Å². The van der Waals surface area contributed by atoms with E-state index >= 15 is 0 Å². The van der Waals surface area contributed by atoms with Crippen LogP contribution >= 0.6 is 0 Å². The molecule has 108 valence electrons. The average Bonchev–Trinajstić information content (AvgIpc) is 2.81. The molecule has 0 fully saturated rings. The lowest BCUT2D eigenvalue weighted by atomic mass is 10.2. The van der Waals surface area contributed by atoms with E-state index in [1.807, 2.05) is 20.2 Å². The minimum atomic E-state index is -0.699. The summed E-state index contributed by atoms with van der Waals surface area (Å²) in [6.45, 7) is 2.83. The Bertz CT molecular complexity index is 582. The molecule has 0 saturated heterocycles. The van der Waals surface area contributed by atoms with Crippen LogP contribution in [0.2, 0.25) is 0 Å². The van der Waals surface area contributed by atoms with Crippen LogP contribution in [-0.2, 0) is 13.5 Å². The van der Waals surface area contributed by atoms with Crippen LogP contribution in [0.5, 0.6) is 0 Å². The van der Waals surface area contributed by atoms with Gasteiger partial charge in [0, 0.05) is 32.4 Å². The minimum Gasteiger partial charge on any atom is -0.368 e. The summed E-state index contributed by atoms with van der Waals surface area (Å²) in [5.74, 6) is -1.29. The van der Waals surface area contributed by atoms with Gasteiger partial charge >= 0.3 is 0 Å². The molecule has 0 aromatic carbocycles. The monoisotopic (exact) mass is 281 g/mol.